The molecule has 1 aromatic carbocycles. The number of benzene rings is 1. The highest BCUT2D eigenvalue weighted by Crippen LogP contribution is 2.07. The number of rotatable bonds is 1. The topological polar surface area (TPSA) is 16.1 Å². The first-order valence-electron chi connectivity index (χ1n) is 5.87. The van der Waals surface area contributed by atoms with Crippen LogP contribution in [0.1, 0.15) is 16.7 Å². The Bertz CT molecular complexity index is 586. The van der Waals surface area contributed by atoms with Crippen molar-refractivity contribution >= 4 is 5.82 Å². The molecule has 0 unspecified atom stereocenters. The summed E-state index contributed by atoms with van der Waals surface area (Å²) in [6.07, 6.45) is 1.80. The first-order valence-corrected chi connectivity index (χ1v) is 5.87. The van der Waals surface area contributed by atoms with Crippen LogP contribution in [0.4, 0.5) is 5.82 Å². The lowest BCUT2D eigenvalue weighted by atomic mass is 10.1. The van der Waals surface area contributed by atoms with Crippen molar-refractivity contribution < 1.29 is 0 Å². The molecular formula is C16H16N2. The third kappa shape index (κ3) is 3.11. The Balaban J connectivity index is 2.20. The number of nitrogens with zero attached hydrogens (tertiary/aromatic N) is 2. The average molecular weight is 236 g/mol. The Morgan fingerprint density at radius 2 is 1.78 bits per heavy atom. The molecule has 0 N–H and O–H groups in total. The highest BCUT2D eigenvalue weighted by atomic mass is 15.1. The molecule has 0 aliphatic heterocycles. The first kappa shape index (κ1) is 12.2. The van der Waals surface area contributed by atoms with Crippen LogP contribution in [-0.2, 0) is 0 Å². The zero-order chi connectivity index (χ0) is 13.0. The van der Waals surface area contributed by atoms with Crippen molar-refractivity contribution in [1.82, 2.24) is 4.98 Å². The van der Waals surface area contributed by atoms with Crippen LogP contribution in [0.25, 0.3) is 0 Å². The average Bonchev–Trinajstić information content (AvgIpc) is 2.37. The quantitative estimate of drug-likeness (QED) is 0.708. The van der Waals surface area contributed by atoms with E-state index in [1.54, 1.807) is 6.20 Å². The van der Waals surface area contributed by atoms with Crippen molar-refractivity contribution in [2.24, 2.45) is 0 Å². The van der Waals surface area contributed by atoms with E-state index in [9.17, 15) is 0 Å². The normalized spacial score (nSPS) is 9.50. The summed E-state index contributed by atoms with van der Waals surface area (Å²) >= 11 is 0. The van der Waals surface area contributed by atoms with Crippen LogP contribution in [0.5, 0.6) is 0 Å². The predicted molar refractivity (Wildman–Crippen MR) is 75.7 cm³/mol. The van der Waals surface area contributed by atoms with Crippen LogP contribution in [0, 0.1) is 18.8 Å². The van der Waals surface area contributed by atoms with Crippen molar-refractivity contribution in [3.05, 3.63) is 59.3 Å². The van der Waals surface area contributed by atoms with Gasteiger partial charge >= 0.3 is 0 Å². The zero-order valence-electron chi connectivity index (χ0n) is 10.9. The lowest BCUT2D eigenvalue weighted by Crippen LogP contribution is -2.10. The second-order valence-corrected chi connectivity index (χ2v) is 4.42. The van der Waals surface area contributed by atoms with Crippen LogP contribution < -0.4 is 4.90 Å². The Kier molecular flexibility index (Phi) is 3.64. The third-order valence-electron chi connectivity index (χ3n) is 2.58. The molecule has 0 radical (unpaired) electrons. The van der Waals surface area contributed by atoms with Gasteiger partial charge in [0.2, 0.25) is 0 Å². The summed E-state index contributed by atoms with van der Waals surface area (Å²) in [4.78, 5) is 6.30. The number of hydrogen-bond donors (Lipinski definition) is 0. The maximum Gasteiger partial charge on any atom is 0.128 e. The van der Waals surface area contributed by atoms with Crippen molar-refractivity contribution in [1.29, 1.82) is 0 Å². The van der Waals surface area contributed by atoms with Gasteiger partial charge in [-0.3, -0.25) is 0 Å². The number of pyridine rings is 1. The summed E-state index contributed by atoms with van der Waals surface area (Å²) < 4.78 is 0. The van der Waals surface area contributed by atoms with Gasteiger partial charge in [0, 0.05) is 31.4 Å². The molecule has 2 rings (SSSR count). The summed E-state index contributed by atoms with van der Waals surface area (Å²) in [6.45, 7) is 2.07. The highest BCUT2D eigenvalue weighted by Gasteiger charge is 1.95. The number of aryl methyl sites for hydroxylation is 1. The largest absolute Gasteiger partial charge is 0.363 e. The standard InChI is InChI=1S/C16H16N2/c1-13-5-4-6-14(11-13)7-8-15-9-10-16(17-12-15)18(2)3/h4-6,9-12H,1-3H3. The summed E-state index contributed by atoms with van der Waals surface area (Å²) in [7, 11) is 3.95. The maximum atomic E-state index is 4.33. The van der Waals surface area contributed by atoms with Crippen molar-refractivity contribution in [3.63, 3.8) is 0 Å². The molecular weight excluding hydrogens is 220 g/mol. The van der Waals surface area contributed by atoms with Crippen molar-refractivity contribution in [2.45, 2.75) is 6.92 Å². The van der Waals surface area contributed by atoms with E-state index in [1.807, 2.05) is 43.3 Å². The Morgan fingerprint density at radius 3 is 2.39 bits per heavy atom. The monoisotopic (exact) mass is 236 g/mol. The van der Waals surface area contributed by atoms with Gasteiger partial charge < -0.3 is 4.90 Å². The number of hydrogen-bond acceptors (Lipinski definition) is 2. The molecule has 18 heavy (non-hydrogen) atoms. The first-order chi connectivity index (χ1) is 8.65. The molecule has 0 spiro atoms. The molecule has 0 amide bonds. The zero-order valence-corrected chi connectivity index (χ0v) is 10.9. The van der Waals surface area contributed by atoms with Crippen LogP contribution >= 0.6 is 0 Å². The molecule has 1 heterocycles. The Morgan fingerprint density at radius 1 is 1.00 bits per heavy atom. The van der Waals surface area contributed by atoms with Gasteiger partial charge in [-0.05, 0) is 36.8 Å². The molecule has 0 saturated heterocycles. The van der Waals surface area contributed by atoms with E-state index in [0.29, 0.717) is 0 Å². The minimum atomic E-state index is 0.933. The molecule has 2 heteroatoms. The van der Waals surface area contributed by atoms with Gasteiger partial charge in [-0.25, -0.2) is 4.98 Å². The summed E-state index contributed by atoms with van der Waals surface area (Å²) in [6, 6.07) is 12.1. The molecule has 1 aromatic heterocycles. The van der Waals surface area contributed by atoms with E-state index in [2.05, 4.69) is 35.9 Å². The maximum absolute atomic E-state index is 4.33. The van der Waals surface area contributed by atoms with Gasteiger partial charge in [0.05, 0.1) is 0 Å². The SMILES string of the molecule is Cc1cccc(C#Cc2ccc(N(C)C)nc2)c1. The second kappa shape index (κ2) is 5.37. The molecule has 0 bridgehead atoms. The van der Waals surface area contributed by atoms with Gasteiger partial charge in [-0.15, -0.1) is 0 Å². The van der Waals surface area contributed by atoms with E-state index >= 15 is 0 Å². The molecule has 0 aliphatic carbocycles. The van der Waals surface area contributed by atoms with Crippen molar-refractivity contribution in [3.8, 4) is 11.8 Å². The molecule has 0 atom stereocenters. The van der Waals surface area contributed by atoms with E-state index in [0.717, 1.165) is 16.9 Å². The fourth-order valence-electron chi connectivity index (χ4n) is 1.59. The Labute approximate surface area is 108 Å². The lowest BCUT2D eigenvalue weighted by Gasteiger charge is -2.09. The van der Waals surface area contributed by atoms with Gasteiger partial charge in [-0.1, -0.05) is 24.0 Å². The smallest absolute Gasteiger partial charge is 0.128 e. The summed E-state index contributed by atoms with van der Waals surface area (Å²) in [5, 5.41) is 0. The Hall–Kier alpha value is -2.27. The summed E-state index contributed by atoms with van der Waals surface area (Å²) in [5.41, 5.74) is 3.19. The van der Waals surface area contributed by atoms with Gasteiger partial charge in [0.25, 0.3) is 0 Å². The van der Waals surface area contributed by atoms with Gasteiger partial charge in [-0.2, -0.15) is 0 Å². The molecule has 2 aromatic rings. The fraction of sp³-hybridized carbons (Fsp3) is 0.188. The summed E-state index contributed by atoms with van der Waals surface area (Å²) in [5.74, 6) is 7.21. The lowest BCUT2D eigenvalue weighted by molar-refractivity contribution is 1.07. The minimum absolute atomic E-state index is 0.933. The van der Waals surface area contributed by atoms with E-state index in [1.165, 1.54) is 5.56 Å². The van der Waals surface area contributed by atoms with Crippen LogP contribution in [0.3, 0.4) is 0 Å². The third-order valence-corrected chi connectivity index (χ3v) is 2.58. The number of anilines is 1. The van der Waals surface area contributed by atoms with Gasteiger partial charge in [0.15, 0.2) is 0 Å². The molecule has 0 saturated carbocycles. The fourth-order valence-corrected chi connectivity index (χ4v) is 1.59. The number of aromatic nitrogens is 1. The van der Waals surface area contributed by atoms with Crippen LogP contribution in [0.2, 0.25) is 0 Å². The van der Waals surface area contributed by atoms with E-state index < -0.39 is 0 Å². The molecule has 2 nitrogen and oxygen atoms in total. The molecule has 90 valence electrons. The van der Waals surface area contributed by atoms with E-state index in [4.69, 9.17) is 0 Å². The van der Waals surface area contributed by atoms with Gasteiger partial charge in [0.1, 0.15) is 5.82 Å². The van der Waals surface area contributed by atoms with Crippen LogP contribution in [0.15, 0.2) is 42.6 Å². The highest BCUT2D eigenvalue weighted by molar-refractivity contribution is 5.46. The van der Waals surface area contributed by atoms with Crippen molar-refractivity contribution in [2.75, 3.05) is 19.0 Å². The van der Waals surface area contributed by atoms with Crippen LogP contribution in [-0.4, -0.2) is 19.1 Å². The minimum Gasteiger partial charge on any atom is -0.363 e. The molecule has 0 aliphatic rings. The van der Waals surface area contributed by atoms with E-state index in [-0.39, 0.29) is 0 Å². The predicted octanol–water partition coefficient (Wildman–Crippen LogP) is 2.86. The molecule has 0 fully saturated rings. The second-order valence-electron chi connectivity index (χ2n) is 4.42.